The van der Waals surface area contributed by atoms with Gasteiger partial charge in [-0.1, -0.05) is 47.5 Å². The van der Waals surface area contributed by atoms with Gasteiger partial charge in [0.05, 0.1) is 42.9 Å². The average molecular weight is 434 g/mol. The lowest BCUT2D eigenvalue weighted by Gasteiger charge is -2.19. The number of aromatic nitrogens is 2. The number of hydrogen-bond acceptors (Lipinski definition) is 6. The summed E-state index contributed by atoms with van der Waals surface area (Å²) >= 11 is 12.2. The first-order chi connectivity index (χ1) is 14.0. The van der Waals surface area contributed by atoms with Crippen molar-refractivity contribution >= 4 is 34.9 Å². The maximum atomic E-state index is 12.8. The number of nitrogens with one attached hydrogen (secondary N) is 1. The van der Waals surface area contributed by atoms with Gasteiger partial charge in [0.1, 0.15) is 5.02 Å². The lowest BCUT2D eigenvalue weighted by molar-refractivity contribution is 0.0600. The van der Waals surface area contributed by atoms with Crippen LogP contribution in [-0.2, 0) is 4.74 Å². The lowest BCUT2D eigenvalue weighted by atomic mass is 10.1. The first-order valence-electron chi connectivity index (χ1n) is 8.54. The van der Waals surface area contributed by atoms with Crippen molar-refractivity contribution in [1.29, 1.82) is 0 Å². The summed E-state index contributed by atoms with van der Waals surface area (Å²) in [6.45, 7) is -0.244. The standard InChI is InChI=1S/C20H17Cl2N3O4/c1-29-20(28)14-4-2-3-5-17(14)25-19(27)18(22)15(10-23-25)24-16(11-26)12-6-8-13(21)9-7-12/h2-10,16,24,26H,11H2,1H3. The minimum atomic E-state index is -0.624. The number of carbonyl (C=O) groups excluding carboxylic acids is 1. The second kappa shape index (κ2) is 9.09. The second-order valence-electron chi connectivity index (χ2n) is 6.03. The van der Waals surface area contributed by atoms with Crippen LogP contribution in [0.1, 0.15) is 22.0 Å². The number of rotatable bonds is 6. The molecule has 0 fully saturated rings. The van der Waals surface area contributed by atoms with Crippen molar-refractivity contribution in [3.05, 3.63) is 86.3 Å². The van der Waals surface area contributed by atoms with Gasteiger partial charge in [-0.3, -0.25) is 4.79 Å². The van der Waals surface area contributed by atoms with Crippen molar-refractivity contribution in [3.63, 3.8) is 0 Å². The number of aliphatic hydroxyl groups is 1. The highest BCUT2D eigenvalue weighted by Gasteiger charge is 2.19. The summed E-state index contributed by atoms with van der Waals surface area (Å²) in [6.07, 6.45) is 1.36. The van der Waals surface area contributed by atoms with Crippen molar-refractivity contribution in [2.75, 3.05) is 19.0 Å². The number of para-hydroxylation sites is 1. The fraction of sp³-hybridized carbons (Fsp3) is 0.150. The molecular formula is C20H17Cl2N3O4. The summed E-state index contributed by atoms with van der Waals surface area (Å²) in [5, 5.41) is 17.3. The number of esters is 1. The maximum Gasteiger partial charge on any atom is 0.340 e. The van der Waals surface area contributed by atoms with Gasteiger partial charge < -0.3 is 15.2 Å². The van der Waals surface area contributed by atoms with Gasteiger partial charge in [0.15, 0.2) is 0 Å². The van der Waals surface area contributed by atoms with E-state index in [1.54, 1.807) is 42.5 Å². The predicted octanol–water partition coefficient (Wildman–Crippen LogP) is 3.47. The smallest absolute Gasteiger partial charge is 0.340 e. The minimum absolute atomic E-state index is 0.132. The number of anilines is 1. The molecule has 0 bridgehead atoms. The third-order valence-electron chi connectivity index (χ3n) is 4.24. The summed E-state index contributed by atoms with van der Waals surface area (Å²) in [5.41, 5.74) is 0.802. The molecule has 0 amide bonds. The number of methoxy groups -OCH3 is 1. The van der Waals surface area contributed by atoms with Crippen LogP contribution in [0.4, 0.5) is 5.69 Å². The van der Waals surface area contributed by atoms with Gasteiger partial charge in [-0.15, -0.1) is 0 Å². The largest absolute Gasteiger partial charge is 0.465 e. The molecule has 2 aromatic carbocycles. The van der Waals surface area contributed by atoms with Gasteiger partial charge in [-0.2, -0.15) is 9.78 Å². The van der Waals surface area contributed by atoms with Crippen LogP contribution in [-0.4, -0.2) is 34.6 Å². The Balaban J connectivity index is 1.98. The summed E-state index contributed by atoms with van der Waals surface area (Å²) < 4.78 is 5.78. The van der Waals surface area contributed by atoms with E-state index in [0.29, 0.717) is 5.02 Å². The Morgan fingerprint density at radius 3 is 2.55 bits per heavy atom. The van der Waals surface area contributed by atoms with Crippen LogP contribution in [0, 0.1) is 0 Å². The highest BCUT2D eigenvalue weighted by Crippen LogP contribution is 2.25. The Labute approximate surface area is 176 Å². The van der Waals surface area contributed by atoms with E-state index in [4.69, 9.17) is 27.9 Å². The lowest BCUT2D eigenvalue weighted by Crippen LogP contribution is -2.25. The van der Waals surface area contributed by atoms with Crippen molar-refractivity contribution in [2.45, 2.75) is 6.04 Å². The molecule has 9 heteroatoms. The molecule has 1 atom stereocenters. The van der Waals surface area contributed by atoms with E-state index in [9.17, 15) is 14.7 Å². The van der Waals surface area contributed by atoms with Gasteiger partial charge in [-0.25, -0.2) is 4.79 Å². The number of hydrogen-bond donors (Lipinski definition) is 2. The zero-order valence-corrected chi connectivity index (χ0v) is 16.8. The molecular weight excluding hydrogens is 417 g/mol. The normalized spacial score (nSPS) is 11.7. The van der Waals surface area contributed by atoms with Crippen LogP contribution >= 0.6 is 23.2 Å². The zero-order chi connectivity index (χ0) is 21.0. The Bertz CT molecular complexity index is 1080. The first-order valence-corrected chi connectivity index (χ1v) is 9.30. The fourth-order valence-corrected chi connectivity index (χ4v) is 3.07. The number of aliphatic hydroxyl groups excluding tert-OH is 1. The molecule has 1 heterocycles. The monoisotopic (exact) mass is 433 g/mol. The number of ether oxygens (including phenoxy) is 1. The molecule has 0 aliphatic heterocycles. The van der Waals surface area contributed by atoms with Crippen molar-refractivity contribution in [3.8, 4) is 5.69 Å². The van der Waals surface area contributed by atoms with Crippen LogP contribution in [0.2, 0.25) is 10.0 Å². The van der Waals surface area contributed by atoms with E-state index in [-0.39, 0.29) is 28.6 Å². The molecule has 3 aromatic rings. The highest BCUT2D eigenvalue weighted by atomic mass is 35.5. The van der Waals surface area contributed by atoms with Crippen LogP contribution < -0.4 is 10.9 Å². The van der Waals surface area contributed by atoms with Crippen LogP contribution in [0.3, 0.4) is 0 Å². The van der Waals surface area contributed by atoms with Crippen molar-refractivity contribution in [1.82, 2.24) is 9.78 Å². The molecule has 1 aromatic heterocycles. The van der Waals surface area contributed by atoms with E-state index >= 15 is 0 Å². The molecule has 0 spiro atoms. The Morgan fingerprint density at radius 2 is 1.90 bits per heavy atom. The van der Waals surface area contributed by atoms with Crippen LogP contribution in [0.15, 0.2) is 59.5 Å². The van der Waals surface area contributed by atoms with E-state index < -0.39 is 17.6 Å². The molecule has 29 heavy (non-hydrogen) atoms. The van der Waals surface area contributed by atoms with Crippen molar-refractivity contribution < 1.29 is 14.6 Å². The second-order valence-corrected chi connectivity index (χ2v) is 6.84. The summed E-state index contributed by atoms with van der Waals surface area (Å²) in [6, 6.07) is 12.8. The SMILES string of the molecule is COC(=O)c1ccccc1-n1ncc(NC(CO)c2ccc(Cl)cc2)c(Cl)c1=O. The quantitative estimate of drug-likeness (QED) is 0.578. The van der Waals surface area contributed by atoms with E-state index in [1.165, 1.54) is 19.4 Å². The fourth-order valence-electron chi connectivity index (χ4n) is 2.76. The Morgan fingerprint density at radius 1 is 1.21 bits per heavy atom. The minimum Gasteiger partial charge on any atom is -0.465 e. The van der Waals surface area contributed by atoms with Gasteiger partial charge in [0, 0.05) is 5.02 Å². The van der Waals surface area contributed by atoms with Crippen LogP contribution in [0.5, 0.6) is 0 Å². The average Bonchev–Trinajstić information content (AvgIpc) is 2.75. The Kier molecular flexibility index (Phi) is 6.53. The van der Waals surface area contributed by atoms with Gasteiger partial charge in [-0.05, 0) is 29.8 Å². The van der Waals surface area contributed by atoms with Gasteiger partial charge >= 0.3 is 5.97 Å². The number of halogens is 2. The Hall–Kier alpha value is -2.87. The number of carbonyl (C=O) groups is 1. The molecule has 0 aliphatic carbocycles. The predicted molar refractivity (Wildman–Crippen MR) is 111 cm³/mol. The zero-order valence-electron chi connectivity index (χ0n) is 15.3. The van der Waals surface area contributed by atoms with E-state index in [1.807, 2.05) is 0 Å². The summed E-state index contributed by atoms with van der Waals surface area (Å²) in [7, 11) is 1.25. The molecule has 0 saturated carbocycles. The topological polar surface area (TPSA) is 93.5 Å². The van der Waals surface area contributed by atoms with Crippen LogP contribution in [0.25, 0.3) is 5.69 Å². The molecule has 0 aliphatic rings. The van der Waals surface area contributed by atoms with Crippen molar-refractivity contribution in [2.24, 2.45) is 0 Å². The van der Waals surface area contributed by atoms with Gasteiger partial charge in [0.2, 0.25) is 0 Å². The maximum absolute atomic E-state index is 12.8. The third-order valence-corrected chi connectivity index (χ3v) is 4.86. The van der Waals surface area contributed by atoms with E-state index in [0.717, 1.165) is 10.2 Å². The molecule has 7 nitrogen and oxygen atoms in total. The molecule has 2 N–H and O–H groups in total. The molecule has 1 unspecified atom stereocenters. The summed E-state index contributed by atoms with van der Waals surface area (Å²) in [4.78, 5) is 24.8. The first kappa shape index (κ1) is 20.9. The summed E-state index contributed by atoms with van der Waals surface area (Å²) in [5.74, 6) is -0.601. The number of benzene rings is 2. The molecule has 3 rings (SSSR count). The molecule has 0 saturated heterocycles. The van der Waals surface area contributed by atoms with Gasteiger partial charge in [0.25, 0.3) is 5.56 Å². The number of nitrogens with zero attached hydrogens (tertiary/aromatic N) is 2. The highest BCUT2D eigenvalue weighted by molar-refractivity contribution is 6.33. The molecule has 150 valence electrons. The van der Waals surface area contributed by atoms with E-state index in [2.05, 4.69) is 10.4 Å². The third kappa shape index (κ3) is 4.42. The molecule has 0 radical (unpaired) electrons.